The van der Waals surface area contributed by atoms with E-state index in [4.69, 9.17) is 0 Å². The molecule has 1 N–H and O–H groups in total. The summed E-state index contributed by atoms with van der Waals surface area (Å²) in [6, 6.07) is 13.9. The molecule has 0 saturated heterocycles. The van der Waals surface area contributed by atoms with Crippen molar-refractivity contribution in [2.75, 3.05) is 11.1 Å². The Bertz CT molecular complexity index is 853. The third-order valence-electron chi connectivity index (χ3n) is 3.72. The molecule has 3 aromatic rings. The number of fused-ring (bicyclic) bond motifs is 1. The van der Waals surface area contributed by atoms with Crippen molar-refractivity contribution < 1.29 is 4.79 Å². The Labute approximate surface area is 150 Å². The number of benzene rings is 2. The SMILES string of the molecule is CCSc1ccc(C(=O)Nc2nc3c(C(C)C)cccc3s2)cc1. The van der Waals surface area contributed by atoms with Gasteiger partial charge in [0.25, 0.3) is 5.91 Å². The third-order valence-corrected chi connectivity index (χ3v) is 5.55. The molecule has 0 radical (unpaired) electrons. The molecule has 0 spiro atoms. The Hall–Kier alpha value is -1.85. The number of anilines is 1. The zero-order chi connectivity index (χ0) is 17.1. The summed E-state index contributed by atoms with van der Waals surface area (Å²) in [6.07, 6.45) is 0. The molecule has 1 amide bonds. The molecule has 24 heavy (non-hydrogen) atoms. The molecular weight excluding hydrogens is 336 g/mol. The van der Waals surface area contributed by atoms with Gasteiger partial charge < -0.3 is 0 Å². The van der Waals surface area contributed by atoms with Gasteiger partial charge in [0.1, 0.15) is 0 Å². The molecule has 0 atom stereocenters. The van der Waals surface area contributed by atoms with Crippen LogP contribution in [-0.4, -0.2) is 16.6 Å². The molecule has 0 unspecified atom stereocenters. The van der Waals surface area contributed by atoms with Crippen LogP contribution in [0.2, 0.25) is 0 Å². The van der Waals surface area contributed by atoms with Crippen molar-refractivity contribution in [3.8, 4) is 0 Å². The quantitative estimate of drug-likeness (QED) is 0.589. The predicted molar refractivity (Wildman–Crippen MR) is 105 cm³/mol. The van der Waals surface area contributed by atoms with Crippen LogP contribution in [-0.2, 0) is 0 Å². The molecule has 0 bridgehead atoms. The first-order valence-corrected chi connectivity index (χ1v) is 9.82. The number of rotatable bonds is 5. The minimum atomic E-state index is -0.117. The van der Waals surface area contributed by atoms with Crippen molar-refractivity contribution >= 4 is 44.4 Å². The van der Waals surface area contributed by atoms with Crippen molar-refractivity contribution in [3.05, 3.63) is 53.6 Å². The number of hydrogen-bond donors (Lipinski definition) is 1. The van der Waals surface area contributed by atoms with E-state index in [9.17, 15) is 4.79 Å². The molecule has 2 aromatic carbocycles. The number of thioether (sulfide) groups is 1. The molecule has 0 aliphatic rings. The van der Waals surface area contributed by atoms with Crippen molar-refractivity contribution in [2.24, 2.45) is 0 Å². The highest BCUT2D eigenvalue weighted by molar-refractivity contribution is 7.99. The molecule has 0 aliphatic carbocycles. The fourth-order valence-electron chi connectivity index (χ4n) is 2.53. The number of para-hydroxylation sites is 1. The molecule has 0 fully saturated rings. The Morgan fingerprint density at radius 3 is 2.62 bits per heavy atom. The standard InChI is InChI=1S/C19H20N2OS2/c1-4-23-14-10-8-13(9-11-14)18(22)21-19-20-17-15(12(2)3)6-5-7-16(17)24-19/h5-12H,4H2,1-3H3,(H,20,21,22). The highest BCUT2D eigenvalue weighted by Gasteiger charge is 2.13. The molecule has 0 saturated carbocycles. The summed E-state index contributed by atoms with van der Waals surface area (Å²) in [4.78, 5) is 18.2. The second-order valence-electron chi connectivity index (χ2n) is 5.78. The van der Waals surface area contributed by atoms with Crippen LogP contribution >= 0.6 is 23.1 Å². The predicted octanol–water partition coefficient (Wildman–Crippen LogP) is 5.78. The summed E-state index contributed by atoms with van der Waals surface area (Å²) in [5.74, 6) is 1.31. The van der Waals surface area contributed by atoms with Crippen LogP contribution in [0, 0.1) is 0 Å². The second-order valence-corrected chi connectivity index (χ2v) is 8.15. The lowest BCUT2D eigenvalue weighted by Gasteiger charge is -2.05. The maximum absolute atomic E-state index is 12.4. The van der Waals surface area contributed by atoms with Crippen LogP contribution in [0.15, 0.2) is 47.4 Å². The highest BCUT2D eigenvalue weighted by atomic mass is 32.2. The number of aromatic nitrogens is 1. The van der Waals surface area contributed by atoms with Crippen molar-refractivity contribution in [1.29, 1.82) is 0 Å². The van der Waals surface area contributed by atoms with E-state index in [1.54, 1.807) is 11.8 Å². The topological polar surface area (TPSA) is 42.0 Å². The van der Waals surface area contributed by atoms with Crippen LogP contribution in [0.5, 0.6) is 0 Å². The van der Waals surface area contributed by atoms with E-state index >= 15 is 0 Å². The Balaban J connectivity index is 1.81. The van der Waals surface area contributed by atoms with Gasteiger partial charge in [0.2, 0.25) is 0 Å². The molecule has 3 rings (SSSR count). The van der Waals surface area contributed by atoms with Gasteiger partial charge in [0.05, 0.1) is 10.2 Å². The van der Waals surface area contributed by atoms with E-state index in [0.717, 1.165) is 16.0 Å². The van der Waals surface area contributed by atoms with Gasteiger partial charge >= 0.3 is 0 Å². The van der Waals surface area contributed by atoms with E-state index in [0.29, 0.717) is 16.6 Å². The first kappa shape index (κ1) is 17.0. The van der Waals surface area contributed by atoms with Gasteiger partial charge in [-0.05, 0) is 47.6 Å². The Kier molecular flexibility index (Phi) is 5.21. The van der Waals surface area contributed by atoms with Crippen LogP contribution in [0.25, 0.3) is 10.2 Å². The Morgan fingerprint density at radius 1 is 1.21 bits per heavy atom. The van der Waals surface area contributed by atoms with Gasteiger partial charge in [-0.1, -0.05) is 44.2 Å². The molecule has 1 heterocycles. The summed E-state index contributed by atoms with van der Waals surface area (Å²) in [5.41, 5.74) is 2.85. The van der Waals surface area contributed by atoms with Gasteiger partial charge in [-0.15, -0.1) is 11.8 Å². The number of hydrogen-bond acceptors (Lipinski definition) is 4. The molecule has 3 nitrogen and oxygen atoms in total. The monoisotopic (exact) mass is 356 g/mol. The van der Waals surface area contributed by atoms with E-state index < -0.39 is 0 Å². The van der Waals surface area contributed by atoms with E-state index in [1.807, 2.05) is 36.4 Å². The van der Waals surface area contributed by atoms with Crippen LogP contribution in [0.3, 0.4) is 0 Å². The molecule has 0 aliphatic heterocycles. The molecule has 124 valence electrons. The summed E-state index contributed by atoms with van der Waals surface area (Å²) in [6.45, 7) is 6.42. The minimum absolute atomic E-state index is 0.117. The van der Waals surface area contributed by atoms with Crippen LogP contribution < -0.4 is 5.32 Å². The zero-order valence-corrected chi connectivity index (χ0v) is 15.6. The summed E-state index contributed by atoms with van der Waals surface area (Å²) in [5, 5.41) is 3.58. The normalized spacial score (nSPS) is 11.2. The first-order valence-electron chi connectivity index (χ1n) is 8.02. The number of nitrogens with one attached hydrogen (secondary N) is 1. The number of thiazole rings is 1. The minimum Gasteiger partial charge on any atom is -0.298 e. The molecular formula is C19H20N2OS2. The van der Waals surface area contributed by atoms with Crippen molar-refractivity contribution in [1.82, 2.24) is 4.98 Å². The summed E-state index contributed by atoms with van der Waals surface area (Å²) < 4.78 is 1.10. The van der Waals surface area contributed by atoms with Crippen LogP contribution in [0.4, 0.5) is 5.13 Å². The summed E-state index contributed by atoms with van der Waals surface area (Å²) in [7, 11) is 0. The molecule has 5 heteroatoms. The maximum Gasteiger partial charge on any atom is 0.257 e. The van der Waals surface area contributed by atoms with E-state index in [-0.39, 0.29) is 5.91 Å². The van der Waals surface area contributed by atoms with Gasteiger partial charge in [0.15, 0.2) is 5.13 Å². The van der Waals surface area contributed by atoms with Gasteiger partial charge in [-0.2, -0.15) is 0 Å². The molecule has 1 aromatic heterocycles. The average molecular weight is 357 g/mol. The van der Waals surface area contributed by atoms with E-state index in [1.165, 1.54) is 21.8 Å². The highest BCUT2D eigenvalue weighted by Crippen LogP contribution is 2.31. The smallest absolute Gasteiger partial charge is 0.257 e. The van der Waals surface area contributed by atoms with Gasteiger partial charge in [0, 0.05) is 10.5 Å². The largest absolute Gasteiger partial charge is 0.298 e. The average Bonchev–Trinajstić information content (AvgIpc) is 2.97. The van der Waals surface area contributed by atoms with Crippen molar-refractivity contribution in [3.63, 3.8) is 0 Å². The van der Waals surface area contributed by atoms with Gasteiger partial charge in [-0.25, -0.2) is 4.98 Å². The lowest BCUT2D eigenvalue weighted by Crippen LogP contribution is -2.11. The number of carbonyl (C=O) groups excluding carboxylic acids is 1. The van der Waals surface area contributed by atoms with E-state index in [2.05, 4.69) is 37.1 Å². The van der Waals surface area contributed by atoms with Crippen molar-refractivity contribution in [2.45, 2.75) is 31.6 Å². The Morgan fingerprint density at radius 2 is 1.96 bits per heavy atom. The fourth-order valence-corrected chi connectivity index (χ4v) is 4.09. The fraction of sp³-hybridized carbons (Fsp3) is 0.263. The van der Waals surface area contributed by atoms with Gasteiger partial charge in [-0.3, -0.25) is 10.1 Å². The first-order chi connectivity index (χ1) is 11.6. The maximum atomic E-state index is 12.4. The van der Waals surface area contributed by atoms with Crippen LogP contribution in [0.1, 0.15) is 42.6 Å². The number of nitrogens with zero attached hydrogens (tertiary/aromatic N) is 1. The lowest BCUT2D eigenvalue weighted by atomic mass is 10.0. The summed E-state index contributed by atoms with van der Waals surface area (Å²) >= 11 is 3.28. The zero-order valence-electron chi connectivity index (χ0n) is 14.0. The third kappa shape index (κ3) is 3.62. The number of carbonyl (C=O) groups is 1. The number of amides is 1. The second kappa shape index (κ2) is 7.36. The lowest BCUT2D eigenvalue weighted by molar-refractivity contribution is 0.102.